The predicted molar refractivity (Wildman–Crippen MR) is 405 cm³/mol. The van der Waals surface area contributed by atoms with Crippen LogP contribution < -0.4 is 0 Å². The zero-order valence-corrected chi connectivity index (χ0v) is 66.3. The third-order valence-electron chi connectivity index (χ3n) is 18.9. The fourth-order valence-corrected chi connectivity index (χ4v) is 14.0. The third-order valence-corrected chi connectivity index (χ3v) is 20.8. The van der Waals surface area contributed by atoms with Crippen LogP contribution in [0.15, 0.2) is 0 Å². The summed E-state index contributed by atoms with van der Waals surface area (Å²) < 4.78 is 68.7. The summed E-state index contributed by atoms with van der Waals surface area (Å²) in [7, 11) is -9.92. The number of hydrogen-bond donors (Lipinski definition) is 3. The lowest BCUT2D eigenvalue weighted by molar-refractivity contribution is -0.161. The van der Waals surface area contributed by atoms with Crippen LogP contribution in [0, 0.1) is 0 Å². The number of carbonyl (C=O) groups excluding carboxylic acids is 4. The quantitative estimate of drug-likeness (QED) is 0.0222. The molecule has 0 bridgehead atoms. The minimum atomic E-state index is -4.96. The summed E-state index contributed by atoms with van der Waals surface area (Å²) in [6.45, 7) is 5.03. The molecule has 0 saturated carbocycles. The molecule has 0 saturated heterocycles. The van der Waals surface area contributed by atoms with Gasteiger partial charge in [0.1, 0.15) is 19.3 Å². The minimum Gasteiger partial charge on any atom is -0.462 e. The maximum Gasteiger partial charge on any atom is 0.472 e. The molecule has 0 aliphatic carbocycles. The molecule has 0 aromatic heterocycles. The Balaban J connectivity index is 5.25. The van der Waals surface area contributed by atoms with Crippen LogP contribution in [0.5, 0.6) is 0 Å². The first-order chi connectivity index (χ1) is 48.2. The number of rotatable bonds is 81. The van der Waals surface area contributed by atoms with Gasteiger partial charge in [0.2, 0.25) is 0 Å². The Hall–Kier alpha value is -1.94. The number of aliphatic hydroxyl groups is 1. The van der Waals surface area contributed by atoms with Crippen molar-refractivity contribution < 1.29 is 80.2 Å². The van der Waals surface area contributed by atoms with E-state index >= 15 is 0 Å². The van der Waals surface area contributed by atoms with Gasteiger partial charge < -0.3 is 33.8 Å². The number of hydrogen-bond acceptors (Lipinski definition) is 15. The highest BCUT2D eigenvalue weighted by atomic mass is 31.2. The smallest absolute Gasteiger partial charge is 0.462 e. The lowest BCUT2D eigenvalue weighted by atomic mass is 10.0. The third kappa shape index (κ3) is 74.1. The molecule has 0 aromatic rings. The van der Waals surface area contributed by atoms with Gasteiger partial charge in [0.15, 0.2) is 12.2 Å². The highest BCUT2D eigenvalue weighted by Crippen LogP contribution is 2.45. The van der Waals surface area contributed by atoms with Gasteiger partial charge in [-0.05, 0) is 25.7 Å². The van der Waals surface area contributed by atoms with Gasteiger partial charge in [0.05, 0.1) is 26.4 Å². The number of unbranched alkanes of at least 4 members (excludes halogenated alkanes) is 55. The average molecular weight is 1450 g/mol. The van der Waals surface area contributed by atoms with Crippen LogP contribution in [0.1, 0.15) is 432 Å². The molecule has 0 aromatic carbocycles. The van der Waals surface area contributed by atoms with Gasteiger partial charge in [-0.1, -0.05) is 381 Å². The molecule has 0 aliphatic heterocycles. The molecular formula is C80H156O17P2. The van der Waals surface area contributed by atoms with Crippen LogP contribution in [0.25, 0.3) is 0 Å². The fraction of sp³-hybridized carbons (Fsp3) is 0.950. The van der Waals surface area contributed by atoms with Gasteiger partial charge in [-0.25, -0.2) is 9.13 Å². The minimum absolute atomic E-state index is 0.109. The van der Waals surface area contributed by atoms with Crippen molar-refractivity contribution in [2.75, 3.05) is 39.6 Å². The Morgan fingerprint density at radius 1 is 0.242 bits per heavy atom. The van der Waals surface area contributed by atoms with E-state index in [2.05, 4.69) is 27.7 Å². The van der Waals surface area contributed by atoms with Crippen LogP contribution in [0.4, 0.5) is 0 Å². The molecule has 0 amide bonds. The second-order valence-corrected chi connectivity index (χ2v) is 31.7. The molecule has 5 atom stereocenters. The van der Waals surface area contributed by atoms with Crippen LogP contribution in [0.3, 0.4) is 0 Å². The maximum atomic E-state index is 13.1. The van der Waals surface area contributed by atoms with Crippen molar-refractivity contribution in [3.63, 3.8) is 0 Å². The van der Waals surface area contributed by atoms with Crippen LogP contribution in [-0.2, 0) is 65.4 Å². The van der Waals surface area contributed by atoms with E-state index in [1.807, 2.05) is 0 Å². The molecule has 99 heavy (non-hydrogen) atoms. The Labute approximate surface area is 607 Å². The molecule has 0 rings (SSSR count). The number of phosphoric acid groups is 2. The zero-order valence-electron chi connectivity index (χ0n) is 64.5. The van der Waals surface area contributed by atoms with E-state index in [4.69, 9.17) is 37.0 Å². The molecule has 0 radical (unpaired) electrons. The lowest BCUT2D eigenvalue weighted by Gasteiger charge is -2.21. The van der Waals surface area contributed by atoms with Crippen molar-refractivity contribution in [3.8, 4) is 0 Å². The molecular weight excluding hydrogens is 1290 g/mol. The van der Waals surface area contributed by atoms with E-state index in [1.54, 1.807) is 0 Å². The SMILES string of the molecule is CCCCCCCCCCCCCCCCCCCC(=O)OC[C@H](COP(=O)(O)OCC(O)COP(=O)(O)OC[C@@H](COC(=O)CCCCCCCCCCCCCC)OC(=O)CCCCCCCCCCCCCCC)OC(=O)CCCCCCCCCCCCCCCCCCC. The Bertz CT molecular complexity index is 1880. The van der Waals surface area contributed by atoms with E-state index in [0.29, 0.717) is 25.7 Å². The highest BCUT2D eigenvalue weighted by Gasteiger charge is 2.30. The Kier molecular flexibility index (Phi) is 72.9. The molecule has 588 valence electrons. The van der Waals surface area contributed by atoms with E-state index in [0.717, 1.165) is 89.9 Å². The van der Waals surface area contributed by atoms with E-state index < -0.39 is 97.5 Å². The first kappa shape index (κ1) is 97.1. The first-order valence-corrected chi connectivity index (χ1v) is 44.8. The maximum absolute atomic E-state index is 13.1. The second-order valence-electron chi connectivity index (χ2n) is 28.8. The van der Waals surface area contributed by atoms with Gasteiger partial charge in [-0.2, -0.15) is 0 Å². The summed E-state index contributed by atoms with van der Waals surface area (Å²) >= 11 is 0. The largest absolute Gasteiger partial charge is 0.472 e. The van der Waals surface area contributed by atoms with Gasteiger partial charge in [0, 0.05) is 25.7 Å². The molecule has 0 aliphatic rings. The summed E-state index contributed by atoms with van der Waals surface area (Å²) in [6.07, 6.45) is 66.4. The highest BCUT2D eigenvalue weighted by molar-refractivity contribution is 7.47. The van der Waals surface area contributed by atoms with E-state index in [-0.39, 0.29) is 25.7 Å². The average Bonchev–Trinajstić information content (AvgIpc) is 1.05. The normalized spacial score (nSPS) is 13.8. The summed E-state index contributed by atoms with van der Waals surface area (Å²) in [5.41, 5.74) is 0. The van der Waals surface area contributed by atoms with Crippen LogP contribution in [-0.4, -0.2) is 96.7 Å². The van der Waals surface area contributed by atoms with Crippen molar-refractivity contribution in [2.45, 2.75) is 451 Å². The van der Waals surface area contributed by atoms with Crippen molar-refractivity contribution >= 4 is 39.5 Å². The molecule has 0 fully saturated rings. The number of carbonyl (C=O) groups is 4. The monoisotopic (exact) mass is 1450 g/mol. The number of phosphoric ester groups is 2. The fourth-order valence-electron chi connectivity index (χ4n) is 12.5. The van der Waals surface area contributed by atoms with Gasteiger partial charge in [0.25, 0.3) is 0 Å². The molecule has 0 spiro atoms. The topological polar surface area (TPSA) is 237 Å². The number of ether oxygens (including phenoxy) is 4. The van der Waals surface area contributed by atoms with Gasteiger partial charge in [-0.3, -0.25) is 37.3 Å². The standard InChI is InChI=1S/C80H156O17P2/c1-5-9-13-17-21-25-29-33-35-37-39-42-45-49-53-57-61-65-78(83)91-71-76(97-80(85)67-63-59-55-51-47-43-40-38-36-34-30-26-22-18-14-10-6-2)73-95-99(88,89)93-69-74(81)68-92-98(86,87)94-72-75(70-90-77(82)64-60-56-52-48-44-32-28-24-20-16-12-8-4)96-79(84)66-62-58-54-50-46-41-31-27-23-19-15-11-7-3/h74-76,81H,5-73H2,1-4H3,(H,86,87)(H,88,89)/t74?,75-,76-/m1/s1. The van der Waals surface area contributed by atoms with E-state index in [1.165, 1.54) is 263 Å². The van der Waals surface area contributed by atoms with E-state index in [9.17, 15) is 43.2 Å². The second kappa shape index (κ2) is 74.3. The molecule has 3 N–H and O–H groups in total. The Morgan fingerprint density at radius 3 is 0.596 bits per heavy atom. The predicted octanol–water partition coefficient (Wildman–Crippen LogP) is 24.2. The summed E-state index contributed by atoms with van der Waals surface area (Å²) in [5.74, 6) is -2.10. The van der Waals surface area contributed by atoms with Crippen LogP contribution >= 0.6 is 15.6 Å². The summed E-state index contributed by atoms with van der Waals surface area (Å²) in [6, 6.07) is 0. The lowest BCUT2D eigenvalue weighted by Crippen LogP contribution is -2.30. The Morgan fingerprint density at radius 2 is 0.404 bits per heavy atom. The summed E-state index contributed by atoms with van der Waals surface area (Å²) in [4.78, 5) is 73.0. The van der Waals surface area contributed by atoms with Crippen molar-refractivity contribution in [3.05, 3.63) is 0 Å². The molecule has 0 heterocycles. The molecule has 19 heteroatoms. The number of aliphatic hydroxyl groups excluding tert-OH is 1. The molecule has 3 unspecified atom stereocenters. The van der Waals surface area contributed by atoms with Gasteiger partial charge in [-0.15, -0.1) is 0 Å². The number of esters is 4. The van der Waals surface area contributed by atoms with Crippen molar-refractivity contribution in [1.82, 2.24) is 0 Å². The first-order valence-electron chi connectivity index (χ1n) is 41.8. The van der Waals surface area contributed by atoms with Crippen molar-refractivity contribution in [2.24, 2.45) is 0 Å². The summed E-state index contributed by atoms with van der Waals surface area (Å²) in [5, 5.41) is 10.6. The zero-order chi connectivity index (χ0) is 72.5. The van der Waals surface area contributed by atoms with Crippen molar-refractivity contribution in [1.29, 1.82) is 0 Å². The van der Waals surface area contributed by atoms with Gasteiger partial charge >= 0.3 is 39.5 Å². The molecule has 17 nitrogen and oxygen atoms in total. The van der Waals surface area contributed by atoms with Crippen LogP contribution in [0.2, 0.25) is 0 Å².